The van der Waals surface area contributed by atoms with Gasteiger partial charge in [-0.15, -0.1) is 11.8 Å². The Bertz CT molecular complexity index is 1250. The number of nitrogen functional groups attached to an aromatic ring is 1. The maximum absolute atomic E-state index is 12.1. The number of ether oxygens (including phenoxy) is 3. The zero-order valence-corrected chi connectivity index (χ0v) is 22.9. The highest BCUT2D eigenvalue weighted by molar-refractivity contribution is 7.99. The Morgan fingerprint density at radius 3 is 2.36 bits per heavy atom. The summed E-state index contributed by atoms with van der Waals surface area (Å²) in [7, 11) is 0. The van der Waals surface area contributed by atoms with Gasteiger partial charge in [0.1, 0.15) is 0 Å². The maximum atomic E-state index is 12.1. The molecule has 1 saturated heterocycles. The van der Waals surface area contributed by atoms with Crippen LogP contribution in [0.5, 0.6) is 0 Å². The van der Waals surface area contributed by atoms with Crippen molar-refractivity contribution in [3.8, 4) is 0 Å². The minimum atomic E-state index is -0.852. The quantitative estimate of drug-likeness (QED) is 0.189. The molecule has 0 saturated carbocycles. The Kier molecular flexibility index (Phi) is 10.00. The molecule has 0 spiro atoms. The van der Waals surface area contributed by atoms with Crippen LogP contribution in [0.1, 0.15) is 54.9 Å². The lowest BCUT2D eigenvalue weighted by Crippen LogP contribution is -2.35. The number of thioether (sulfide) groups is 1. The fourth-order valence-electron chi connectivity index (χ4n) is 4.25. The molecule has 9 heteroatoms. The molecule has 4 N–H and O–H groups in total. The van der Waals surface area contributed by atoms with Gasteiger partial charge in [-0.2, -0.15) is 0 Å². The van der Waals surface area contributed by atoms with Crippen molar-refractivity contribution < 1.29 is 28.9 Å². The van der Waals surface area contributed by atoms with Gasteiger partial charge in [-0.05, 0) is 35.7 Å². The standard InChI is InChI=1S/C30H34N2O6S/c1-19(36-20(2)34)29(35)32-16-21-7-13-24(14-8-21)30-37-25(18-39-28-6-4-3-5-26(28)31)15-27(38-30)23-11-9-22(17-33)10-12-23/h3-14,19,25,27,30,33H,15-18,31H2,1-2H3,(H,32,35)/t19-,25-,27+,30?/m0/s1. The van der Waals surface area contributed by atoms with Gasteiger partial charge in [-0.25, -0.2) is 0 Å². The smallest absolute Gasteiger partial charge is 0.303 e. The third-order valence-electron chi connectivity index (χ3n) is 6.39. The number of hydrogen-bond donors (Lipinski definition) is 3. The molecule has 39 heavy (non-hydrogen) atoms. The van der Waals surface area contributed by atoms with Crippen LogP contribution < -0.4 is 11.1 Å². The van der Waals surface area contributed by atoms with E-state index in [1.54, 1.807) is 11.8 Å². The molecule has 1 aliphatic rings. The second-order valence-corrected chi connectivity index (χ2v) is 10.5. The van der Waals surface area contributed by atoms with Crippen molar-refractivity contribution in [2.24, 2.45) is 0 Å². The number of amides is 1. The Labute approximate surface area is 232 Å². The number of nitrogens with one attached hydrogen (secondary N) is 1. The number of aliphatic hydroxyl groups excluding tert-OH is 1. The van der Waals surface area contributed by atoms with Gasteiger partial charge in [-0.3, -0.25) is 9.59 Å². The summed E-state index contributed by atoms with van der Waals surface area (Å²) in [6.07, 6.45) is -1.02. The van der Waals surface area contributed by atoms with E-state index in [-0.39, 0.29) is 24.7 Å². The molecule has 0 aliphatic carbocycles. The zero-order valence-electron chi connectivity index (χ0n) is 22.0. The molecule has 1 amide bonds. The summed E-state index contributed by atoms with van der Waals surface area (Å²) >= 11 is 1.66. The van der Waals surface area contributed by atoms with Crippen LogP contribution in [0.4, 0.5) is 5.69 Å². The number of benzene rings is 3. The summed E-state index contributed by atoms with van der Waals surface area (Å²) in [5.41, 5.74) is 10.5. The van der Waals surface area contributed by atoms with Gasteiger partial charge in [-0.1, -0.05) is 60.7 Å². The molecule has 3 aromatic rings. The van der Waals surface area contributed by atoms with Crippen molar-refractivity contribution in [1.82, 2.24) is 5.32 Å². The van der Waals surface area contributed by atoms with Crippen LogP contribution in [0.2, 0.25) is 0 Å². The number of nitrogens with two attached hydrogens (primary N) is 1. The highest BCUT2D eigenvalue weighted by Crippen LogP contribution is 2.40. The van der Waals surface area contributed by atoms with E-state index in [0.29, 0.717) is 18.7 Å². The molecule has 0 aromatic heterocycles. The first kappa shape index (κ1) is 28.6. The second-order valence-electron chi connectivity index (χ2n) is 9.41. The molecule has 1 aliphatic heterocycles. The van der Waals surface area contributed by atoms with Gasteiger partial charge in [0.2, 0.25) is 0 Å². The molecular weight excluding hydrogens is 516 g/mol. The number of carbonyl (C=O) groups excluding carboxylic acids is 2. The largest absolute Gasteiger partial charge is 0.453 e. The summed E-state index contributed by atoms with van der Waals surface area (Å²) in [6, 6.07) is 23.2. The molecule has 4 atom stereocenters. The molecule has 4 rings (SSSR count). The molecule has 0 radical (unpaired) electrons. The van der Waals surface area contributed by atoms with E-state index in [9.17, 15) is 14.7 Å². The van der Waals surface area contributed by atoms with Crippen molar-refractivity contribution in [2.45, 2.75) is 62.9 Å². The Hall–Kier alpha value is -3.37. The monoisotopic (exact) mass is 550 g/mol. The molecule has 3 aromatic carbocycles. The van der Waals surface area contributed by atoms with Crippen molar-refractivity contribution in [3.05, 3.63) is 95.1 Å². The molecule has 0 bridgehead atoms. The second kappa shape index (κ2) is 13.6. The molecular formula is C30H34N2O6S. The van der Waals surface area contributed by atoms with E-state index >= 15 is 0 Å². The number of para-hydroxylation sites is 1. The van der Waals surface area contributed by atoms with Crippen molar-refractivity contribution in [3.63, 3.8) is 0 Å². The van der Waals surface area contributed by atoms with Gasteiger partial charge in [0.25, 0.3) is 5.91 Å². The lowest BCUT2D eigenvalue weighted by molar-refractivity contribution is -0.245. The first-order chi connectivity index (χ1) is 18.8. The van der Waals surface area contributed by atoms with Gasteiger partial charge >= 0.3 is 5.97 Å². The molecule has 8 nitrogen and oxygen atoms in total. The number of carbonyl (C=O) groups is 2. The van der Waals surface area contributed by atoms with Crippen molar-refractivity contribution in [2.75, 3.05) is 11.5 Å². The first-order valence-electron chi connectivity index (χ1n) is 12.8. The van der Waals surface area contributed by atoms with Gasteiger partial charge in [0.15, 0.2) is 12.4 Å². The van der Waals surface area contributed by atoms with Crippen LogP contribution in [0, 0.1) is 0 Å². The Balaban J connectivity index is 1.45. The number of hydrogen-bond acceptors (Lipinski definition) is 8. The van der Waals surface area contributed by atoms with E-state index in [1.165, 1.54) is 13.8 Å². The van der Waals surface area contributed by atoms with Crippen LogP contribution in [0.25, 0.3) is 0 Å². The topological polar surface area (TPSA) is 120 Å². The highest BCUT2D eigenvalue weighted by Gasteiger charge is 2.32. The summed E-state index contributed by atoms with van der Waals surface area (Å²) in [5, 5.41) is 12.2. The summed E-state index contributed by atoms with van der Waals surface area (Å²) in [6.45, 7) is 3.10. The van der Waals surface area contributed by atoms with Crippen LogP contribution in [0.15, 0.2) is 77.7 Å². The minimum Gasteiger partial charge on any atom is -0.453 e. The van der Waals surface area contributed by atoms with Crippen LogP contribution in [0.3, 0.4) is 0 Å². The van der Waals surface area contributed by atoms with Gasteiger partial charge in [0, 0.05) is 41.8 Å². The number of anilines is 1. The molecule has 1 unspecified atom stereocenters. The van der Waals surface area contributed by atoms with Crippen LogP contribution in [-0.4, -0.2) is 34.9 Å². The number of rotatable bonds is 10. The Morgan fingerprint density at radius 1 is 1.03 bits per heavy atom. The minimum absolute atomic E-state index is 0.00916. The van der Waals surface area contributed by atoms with E-state index in [0.717, 1.165) is 32.8 Å². The summed E-state index contributed by atoms with van der Waals surface area (Å²) < 4.78 is 17.7. The fourth-order valence-corrected chi connectivity index (χ4v) is 5.24. The van der Waals surface area contributed by atoms with Gasteiger partial charge < -0.3 is 30.4 Å². The third-order valence-corrected chi connectivity index (χ3v) is 7.61. The predicted octanol–water partition coefficient (Wildman–Crippen LogP) is 4.67. The lowest BCUT2D eigenvalue weighted by Gasteiger charge is -2.36. The molecule has 1 fully saturated rings. The average molecular weight is 551 g/mol. The van der Waals surface area contributed by atoms with Crippen molar-refractivity contribution in [1.29, 1.82) is 0 Å². The van der Waals surface area contributed by atoms with E-state index in [1.807, 2.05) is 72.8 Å². The van der Waals surface area contributed by atoms with Gasteiger partial charge in [0.05, 0.1) is 18.8 Å². The SMILES string of the molecule is CC(=O)O[C@@H](C)C(=O)NCc1ccc(C2O[C@H](CSc3ccccc3N)C[C@H](c3ccc(CO)cc3)O2)cc1. The normalized spacial score (nSPS) is 19.7. The number of aliphatic hydroxyl groups is 1. The summed E-state index contributed by atoms with van der Waals surface area (Å²) in [4.78, 5) is 24.2. The maximum Gasteiger partial charge on any atom is 0.303 e. The van der Waals surface area contributed by atoms with E-state index in [2.05, 4.69) is 5.32 Å². The van der Waals surface area contributed by atoms with E-state index in [4.69, 9.17) is 19.9 Å². The Morgan fingerprint density at radius 2 is 1.69 bits per heavy atom. The van der Waals surface area contributed by atoms with Crippen LogP contribution in [-0.2, 0) is 37.0 Å². The average Bonchev–Trinajstić information content (AvgIpc) is 2.95. The lowest BCUT2D eigenvalue weighted by atomic mass is 10.0. The zero-order chi connectivity index (χ0) is 27.8. The molecule has 1 heterocycles. The first-order valence-corrected chi connectivity index (χ1v) is 13.8. The fraction of sp³-hybridized carbons (Fsp3) is 0.333. The highest BCUT2D eigenvalue weighted by atomic mass is 32.2. The molecule has 206 valence electrons. The van der Waals surface area contributed by atoms with Crippen molar-refractivity contribution >= 4 is 29.3 Å². The third kappa shape index (κ3) is 8.06. The number of esters is 1. The predicted molar refractivity (Wildman–Crippen MR) is 150 cm³/mol. The van der Waals surface area contributed by atoms with Crippen LogP contribution >= 0.6 is 11.8 Å². The summed E-state index contributed by atoms with van der Waals surface area (Å²) in [5.74, 6) is -0.145. The van der Waals surface area contributed by atoms with E-state index < -0.39 is 18.4 Å².